The lowest BCUT2D eigenvalue weighted by Crippen LogP contribution is -2.09. The van der Waals surface area contributed by atoms with Crippen molar-refractivity contribution in [2.24, 2.45) is 0 Å². The maximum Gasteiger partial charge on any atom is 0.182 e. The molecule has 1 aromatic rings. The SMILES string of the molecule is Br.Nc1nc2c(s1)CCCN2. The van der Waals surface area contributed by atoms with Crippen molar-refractivity contribution in [1.82, 2.24) is 4.98 Å². The summed E-state index contributed by atoms with van der Waals surface area (Å²) in [5.74, 6) is 1.01. The monoisotopic (exact) mass is 235 g/mol. The van der Waals surface area contributed by atoms with Gasteiger partial charge in [-0.3, -0.25) is 0 Å². The zero-order chi connectivity index (χ0) is 6.97. The fourth-order valence-electron chi connectivity index (χ4n) is 1.13. The van der Waals surface area contributed by atoms with Gasteiger partial charge in [0.05, 0.1) is 4.88 Å². The minimum Gasteiger partial charge on any atom is -0.375 e. The van der Waals surface area contributed by atoms with Gasteiger partial charge in [0.1, 0.15) is 5.82 Å². The molecule has 1 aromatic heterocycles. The maximum absolute atomic E-state index is 5.53. The lowest BCUT2D eigenvalue weighted by atomic mass is 10.2. The molecule has 0 aliphatic carbocycles. The van der Waals surface area contributed by atoms with E-state index in [-0.39, 0.29) is 17.0 Å². The molecule has 11 heavy (non-hydrogen) atoms. The molecule has 1 aliphatic rings. The van der Waals surface area contributed by atoms with Crippen molar-refractivity contribution in [3.63, 3.8) is 0 Å². The van der Waals surface area contributed by atoms with Crippen LogP contribution in [-0.4, -0.2) is 11.5 Å². The van der Waals surface area contributed by atoms with E-state index in [0.717, 1.165) is 18.8 Å². The quantitative estimate of drug-likeness (QED) is 0.720. The molecule has 0 saturated heterocycles. The van der Waals surface area contributed by atoms with E-state index < -0.39 is 0 Å². The first-order valence-corrected chi connectivity index (χ1v) is 4.17. The molecule has 2 rings (SSSR count). The van der Waals surface area contributed by atoms with Gasteiger partial charge in [0.25, 0.3) is 0 Å². The molecule has 1 aliphatic heterocycles. The topological polar surface area (TPSA) is 50.9 Å². The van der Waals surface area contributed by atoms with Crippen LogP contribution in [0.5, 0.6) is 0 Å². The average Bonchev–Trinajstić information content (AvgIpc) is 2.27. The third kappa shape index (κ3) is 1.65. The van der Waals surface area contributed by atoms with Crippen LogP contribution in [-0.2, 0) is 6.42 Å². The first-order chi connectivity index (χ1) is 4.86. The van der Waals surface area contributed by atoms with Crippen LogP contribution in [0, 0.1) is 0 Å². The van der Waals surface area contributed by atoms with E-state index in [0.29, 0.717) is 5.13 Å². The van der Waals surface area contributed by atoms with Crippen LogP contribution in [0.25, 0.3) is 0 Å². The molecule has 3 N–H and O–H groups in total. The Morgan fingerprint density at radius 2 is 2.36 bits per heavy atom. The van der Waals surface area contributed by atoms with E-state index >= 15 is 0 Å². The van der Waals surface area contributed by atoms with E-state index in [9.17, 15) is 0 Å². The van der Waals surface area contributed by atoms with Gasteiger partial charge in [0.15, 0.2) is 5.13 Å². The predicted molar refractivity (Wildman–Crippen MR) is 53.7 cm³/mol. The summed E-state index contributed by atoms with van der Waals surface area (Å²) in [6.45, 7) is 1.04. The van der Waals surface area contributed by atoms with Gasteiger partial charge in [0.2, 0.25) is 0 Å². The smallest absolute Gasteiger partial charge is 0.182 e. The normalized spacial score (nSPS) is 14.5. The van der Waals surface area contributed by atoms with Crippen molar-refractivity contribution < 1.29 is 0 Å². The lowest BCUT2D eigenvalue weighted by molar-refractivity contribution is 0.837. The lowest BCUT2D eigenvalue weighted by Gasteiger charge is -2.10. The first-order valence-electron chi connectivity index (χ1n) is 3.35. The van der Waals surface area contributed by atoms with Gasteiger partial charge in [-0.05, 0) is 12.8 Å². The number of halogens is 1. The Balaban J connectivity index is 0.000000605. The van der Waals surface area contributed by atoms with Crippen LogP contribution < -0.4 is 11.1 Å². The minimum atomic E-state index is 0. The summed E-state index contributed by atoms with van der Waals surface area (Å²) in [7, 11) is 0. The fourth-order valence-corrected chi connectivity index (χ4v) is 1.98. The summed E-state index contributed by atoms with van der Waals surface area (Å²) >= 11 is 1.59. The van der Waals surface area contributed by atoms with Gasteiger partial charge in [-0.15, -0.1) is 28.3 Å². The molecule has 0 amide bonds. The highest BCUT2D eigenvalue weighted by atomic mass is 79.9. The number of nitrogen functional groups attached to an aromatic ring is 1. The number of fused-ring (bicyclic) bond motifs is 1. The van der Waals surface area contributed by atoms with Crippen molar-refractivity contribution in [2.45, 2.75) is 12.8 Å². The third-order valence-electron chi connectivity index (χ3n) is 1.59. The molecule has 0 aromatic carbocycles. The molecule has 5 heteroatoms. The van der Waals surface area contributed by atoms with Gasteiger partial charge in [0, 0.05) is 6.54 Å². The third-order valence-corrected chi connectivity index (χ3v) is 2.53. The molecule has 3 nitrogen and oxygen atoms in total. The number of rotatable bonds is 0. The molecule has 62 valence electrons. The number of aryl methyl sites for hydroxylation is 1. The molecule has 0 spiro atoms. The van der Waals surface area contributed by atoms with Crippen molar-refractivity contribution in [2.75, 3.05) is 17.6 Å². The van der Waals surface area contributed by atoms with Gasteiger partial charge in [-0.2, -0.15) is 0 Å². The molecule has 2 heterocycles. The second-order valence-electron chi connectivity index (χ2n) is 2.35. The van der Waals surface area contributed by atoms with Gasteiger partial charge >= 0.3 is 0 Å². The Hall–Kier alpha value is -0.290. The van der Waals surface area contributed by atoms with Crippen molar-refractivity contribution in [3.05, 3.63) is 4.88 Å². The number of nitrogens with one attached hydrogen (secondary N) is 1. The summed E-state index contributed by atoms with van der Waals surface area (Å²) in [6.07, 6.45) is 2.34. The van der Waals surface area contributed by atoms with Crippen molar-refractivity contribution in [3.8, 4) is 0 Å². The highest BCUT2D eigenvalue weighted by molar-refractivity contribution is 8.93. The van der Waals surface area contributed by atoms with Crippen molar-refractivity contribution >= 4 is 39.3 Å². The van der Waals surface area contributed by atoms with E-state index in [1.807, 2.05) is 0 Å². The maximum atomic E-state index is 5.53. The summed E-state index contributed by atoms with van der Waals surface area (Å²) in [5.41, 5.74) is 5.53. The second-order valence-corrected chi connectivity index (χ2v) is 3.47. The van der Waals surface area contributed by atoms with Crippen LogP contribution in [0.3, 0.4) is 0 Å². The summed E-state index contributed by atoms with van der Waals surface area (Å²) in [6, 6.07) is 0. The molecule has 0 fully saturated rings. The molecule has 0 atom stereocenters. The molecule has 0 radical (unpaired) electrons. The predicted octanol–water partition coefficient (Wildman–Crippen LogP) is 1.66. The zero-order valence-corrected chi connectivity index (χ0v) is 8.49. The number of nitrogens with zero attached hydrogens (tertiary/aromatic N) is 1. The van der Waals surface area contributed by atoms with Gasteiger partial charge in [-0.1, -0.05) is 0 Å². The Morgan fingerprint density at radius 3 is 3.09 bits per heavy atom. The standard InChI is InChI=1S/C6H9N3S.BrH/c7-6-9-5-4(10-6)2-1-3-8-5;/h8H,1-3H2,(H2,7,9);1H. The summed E-state index contributed by atoms with van der Waals surface area (Å²) < 4.78 is 0. The van der Waals surface area contributed by atoms with E-state index in [4.69, 9.17) is 5.73 Å². The fraction of sp³-hybridized carbons (Fsp3) is 0.500. The number of hydrogen-bond donors (Lipinski definition) is 2. The highest BCUT2D eigenvalue weighted by Crippen LogP contribution is 2.28. The highest BCUT2D eigenvalue weighted by Gasteiger charge is 2.12. The second kappa shape index (κ2) is 3.40. The minimum absolute atomic E-state index is 0. The van der Waals surface area contributed by atoms with Gasteiger partial charge < -0.3 is 11.1 Å². The molecular weight excluding hydrogens is 226 g/mol. The van der Waals surface area contributed by atoms with Gasteiger partial charge in [-0.25, -0.2) is 4.98 Å². The van der Waals surface area contributed by atoms with Crippen LogP contribution in [0.15, 0.2) is 0 Å². The van der Waals surface area contributed by atoms with E-state index in [2.05, 4.69) is 10.3 Å². The van der Waals surface area contributed by atoms with Crippen LogP contribution in [0.1, 0.15) is 11.3 Å². The van der Waals surface area contributed by atoms with Crippen LogP contribution in [0.4, 0.5) is 10.9 Å². The Morgan fingerprint density at radius 1 is 1.55 bits per heavy atom. The Labute approximate surface area is 79.8 Å². The molecule has 0 saturated carbocycles. The summed E-state index contributed by atoms with van der Waals surface area (Å²) in [5, 5.41) is 3.88. The van der Waals surface area contributed by atoms with Crippen LogP contribution in [0.2, 0.25) is 0 Å². The molecular formula is C6H10BrN3S. The van der Waals surface area contributed by atoms with Crippen molar-refractivity contribution in [1.29, 1.82) is 0 Å². The Kier molecular flexibility index (Phi) is 2.72. The average molecular weight is 236 g/mol. The van der Waals surface area contributed by atoms with E-state index in [1.165, 1.54) is 11.3 Å². The number of anilines is 2. The first kappa shape index (κ1) is 8.80. The van der Waals surface area contributed by atoms with Crippen LogP contribution >= 0.6 is 28.3 Å². The molecule has 0 bridgehead atoms. The molecule has 0 unspecified atom stereocenters. The van der Waals surface area contributed by atoms with E-state index in [1.54, 1.807) is 11.3 Å². The number of thiazole rings is 1. The zero-order valence-electron chi connectivity index (χ0n) is 5.96. The Bertz CT molecular complexity index is 224. The number of nitrogens with two attached hydrogens (primary N) is 1. The largest absolute Gasteiger partial charge is 0.375 e. The number of aromatic nitrogens is 1. The number of hydrogen-bond acceptors (Lipinski definition) is 4. The summed E-state index contributed by atoms with van der Waals surface area (Å²) in [4.78, 5) is 5.45.